The van der Waals surface area contributed by atoms with Gasteiger partial charge >= 0.3 is 0 Å². The van der Waals surface area contributed by atoms with E-state index < -0.39 is 10.0 Å². The second-order valence-electron chi connectivity index (χ2n) is 5.17. The van der Waals surface area contributed by atoms with Crippen LogP contribution >= 0.6 is 0 Å². The highest BCUT2D eigenvalue weighted by atomic mass is 32.2. The molecule has 0 amide bonds. The summed E-state index contributed by atoms with van der Waals surface area (Å²) in [5, 5.41) is 11.0. The van der Waals surface area contributed by atoms with E-state index in [1.54, 1.807) is 42.5 Å². The minimum absolute atomic E-state index is 0.0838. The summed E-state index contributed by atoms with van der Waals surface area (Å²) in [5.74, 6) is -0.116. The van der Waals surface area contributed by atoms with Crippen molar-refractivity contribution in [2.75, 3.05) is 17.1 Å². The highest BCUT2D eigenvalue weighted by Crippen LogP contribution is 2.37. The second kappa shape index (κ2) is 5.48. The molecule has 6 heteroatoms. The van der Waals surface area contributed by atoms with Gasteiger partial charge in [0.15, 0.2) is 0 Å². The van der Waals surface area contributed by atoms with E-state index in [2.05, 4.69) is 0 Å². The molecule has 3 aromatic rings. The van der Waals surface area contributed by atoms with Crippen LogP contribution in [0.15, 0.2) is 65.6 Å². The van der Waals surface area contributed by atoms with E-state index in [1.807, 2.05) is 6.07 Å². The standard InChI is InChI=1S/C17H16N2O3S/c1-19(13-7-3-2-4-8-13)23(21,22)17-14(18)11-10-12-6-5-9-15(20)16(12)17/h2-11,20H,18H2,1H3. The molecule has 0 atom stereocenters. The van der Waals surface area contributed by atoms with Crippen molar-refractivity contribution in [2.45, 2.75) is 4.90 Å². The number of benzene rings is 3. The van der Waals surface area contributed by atoms with Crippen LogP contribution in [0.3, 0.4) is 0 Å². The fourth-order valence-corrected chi connectivity index (χ4v) is 4.05. The number of phenols is 1. The van der Waals surface area contributed by atoms with Crippen molar-refractivity contribution in [2.24, 2.45) is 0 Å². The molecule has 0 aromatic heterocycles. The lowest BCUT2D eigenvalue weighted by Crippen LogP contribution is -2.27. The van der Waals surface area contributed by atoms with Gasteiger partial charge in [0, 0.05) is 12.4 Å². The summed E-state index contributed by atoms with van der Waals surface area (Å²) in [7, 11) is -2.46. The Kier molecular flexibility index (Phi) is 3.61. The summed E-state index contributed by atoms with van der Waals surface area (Å²) in [6.45, 7) is 0. The minimum atomic E-state index is -3.92. The van der Waals surface area contributed by atoms with Crippen molar-refractivity contribution in [1.82, 2.24) is 0 Å². The van der Waals surface area contributed by atoms with E-state index in [-0.39, 0.29) is 21.7 Å². The van der Waals surface area contributed by atoms with Gasteiger partial charge in [-0.05, 0) is 29.7 Å². The molecule has 0 fully saturated rings. The first-order valence-electron chi connectivity index (χ1n) is 6.97. The topological polar surface area (TPSA) is 83.6 Å². The van der Waals surface area contributed by atoms with Crippen molar-refractivity contribution < 1.29 is 13.5 Å². The van der Waals surface area contributed by atoms with Crippen LogP contribution in [0.25, 0.3) is 10.8 Å². The second-order valence-corrected chi connectivity index (χ2v) is 7.07. The first-order valence-corrected chi connectivity index (χ1v) is 8.41. The number of nitrogens with zero attached hydrogens (tertiary/aromatic N) is 1. The molecule has 0 aliphatic heterocycles. The lowest BCUT2D eigenvalue weighted by atomic mass is 10.1. The van der Waals surface area contributed by atoms with Crippen LogP contribution in [-0.4, -0.2) is 20.6 Å². The maximum absolute atomic E-state index is 13.1. The molecule has 0 unspecified atom stereocenters. The molecule has 3 N–H and O–H groups in total. The van der Waals surface area contributed by atoms with Crippen LogP contribution < -0.4 is 10.0 Å². The van der Waals surface area contributed by atoms with Crippen molar-refractivity contribution >= 4 is 32.2 Å². The van der Waals surface area contributed by atoms with Gasteiger partial charge in [-0.15, -0.1) is 0 Å². The molecule has 0 bridgehead atoms. The molecule has 0 radical (unpaired) electrons. The summed E-state index contributed by atoms with van der Waals surface area (Å²) in [4.78, 5) is -0.0838. The Bertz CT molecular complexity index is 970. The Morgan fingerprint density at radius 3 is 2.35 bits per heavy atom. The molecule has 0 heterocycles. The van der Waals surface area contributed by atoms with Gasteiger partial charge < -0.3 is 10.8 Å². The number of sulfonamides is 1. The average Bonchev–Trinajstić information content (AvgIpc) is 2.55. The lowest BCUT2D eigenvalue weighted by molar-refractivity contribution is 0.480. The van der Waals surface area contributed by atoms with Crippen molar-refractivity contribution in [3.8, 4) is 5.75 Å². The third kappa shape index (κ3) is 2.47. The number of anilines is 2. The molecule has 3 rings (SSSR count). The molecular weight excluding hydrogens is 312 g/mol. The number of hydrogen-bond donors (Lipinski definition) is 2. The first-order chi connectivity index (χ1) is 10.9. The molecule has 118 valence electrons. The Hall–Kier alpha value is -2.73. The molecule has 0 aliphatic rings. The van der Waals surface area contributed by atoms with E-state index in [0.29, 0.717) is 11.1 Å². The van der Waals surface area contributed by atoms with Crippen LogP contribution in [0, 0.1) is 0 Å². The fourth-order valence-electron chi connectivity index (χ4n) is 2.53. The average molecular weight is 328 g/mol. The predicted molar refractivity (Wildman–Crippen MR) is 92.1 cm³/mol. The third-order valence-corrected chi connectivity index (χ3v) is 5.63. The number of rotatable bonds is 3. The number of aromatic hydroxyl groups is 1. The van der Waals surface area contributed by atoms with Gasteiger partial charge in [-0.25, -0.2) is 8.42 Å². The normalized spacial score (nSPS) is 11.5. The molecule has 0 saturated heterocycles. The van der Waals surface area contributed by atoms with E-state index in [0.717, 1.165) is 4.31 Å². The number of fused-ring (bicyclic) bond motifs is 1. The molecule has 0 saturated carbocycles. The fraction of sp³-hybridized carbons (Fsp3) is 0.0588. The van der Waals surface area contributed by atoms with Gasteiger partial charge in [0.2, 0.25) is 0 Å². The Balaban J connectivity index is 2.29. The maximum atomic E-state index is 13.1. The van der Waals surface area contributed by atoms with Crippen LogP contribution in [0.1, 0.15) is 0 Å². The van der Waals surface area contributed by atoms with Gasteiger partial charge in [-0.3, -0.25) is 4.31 Å². The van der Waals surface area contributed by atoms with Gasteiger partial charge in [-0.1, -0.05) is 36.4 Å². The SMILES string of the molecule is CN(c1ccccc1)S(=O)(=O)c1c(N)ccc2cccc(O)c12. The molecule has 23 heavy (non-hydrogen) atoms. The highest BCUT2D eigenvalue weighted by molar-refractivity contribution is 7.93. The van der Waals surface area contributed by atoms with Crippen LogP contribution in [0.5, 0.6) is 5.75 Å². The van der Waals surface area contributed by atoms with E-state index >= 15 is 0 Å². The molecule has 0 spiro atoms. The zero-order chi connectivity index (χ0) is 16.6. The molecule has 0 aliphatic carbocycles. The highest BCUT2D eigenvalue weighted by Gasteiger charge is 2.27. The van der Waals surface area contributed by atoms with E-state index in [4.69, 9.17) is 5.73 Å². The minimum Gasteiger partial charge on any atom is -0.507 e. The summed E-state index contributed by atoms with van der Waals surface area (Å²) < 4.78 is 27.3. The number of para-hydroxylation sites is 1. The van der Waals surface area contributed by atoms with Crippen molar-refractivity contribution in [1.29, 1.82) is 0 Å². The van der Waals surface area contributed by atoms with Crippen LogP contribution in [-0.2, 0) is 10.0 Å². The summed E-state index contributed by atoms with van der Waals surface area (Å²) in [6, 6.07) is 16.8. The van der Waals surface area contributed by atoms with Gasteiger partial charge in [-0.2, -0.15) is 0 Å². The molecule has 5 nitrogen and oxygen atoms in total. The Labute approximate surface area is 134 Å². The molecule has 3 aromatic carbocycles. The predicted octanol–water partition coefficient (Wildman–Crippen LogP) is 2.95. The smallest absolute Gasteiger partial charge is 0.266 e. The molecular formula is C17H16N2O3S. The summed E-state index contributed by atoms with van der Waals surface area (Å²) in [6.07, 6.45) is 0. The first kappa shape index (κ1) is 15.2. The number of hydrogen-bond acceptors (Lipinski definition) is 4. The van der Waals surface area contributed by atoms with Gasteiger partial charge in [0.25, 0.3) is 10.0 Å². The largest absolute Gasteiger partial charge is 0.507 e. The van der Waals surface area contributed by atoms with E-state index in [9.17, 15) is 13.5 Å². The monoisotopic (exact) mass is 328 g/mol. The summed E-state index contributed by atoms with van der Waals surface area (Å²) in [5.41, 5.74) is 6.55. The van der Waals surface area contributed by atoms with Gasteiger partial charge in [0.1, 0.15) is 10.6 Å². The van der Waals surface area contributed by atoms with Crippen LogP contribution in [0.4, 0.5) is 11.4 Å². The van der Waals surface area contributed by atoms with Crippen LogP contribution in [0.2, 0.25) is 0 Å². The number of nitrogen functional groups attached to an aromatic ring is 1. The zero-order valence-electron chi connectivity index (χ0n) is 12.5. The quantitative estimate of drug-likeness (QED) is 0.724. The Morgan fingerprint density at radius 2 is 1.65 bits per heavy atom. The zero-order valence-corrected chi connectivity index (χ0v) is 13.3. The van der Waals surface area contributed by atoms with Gasteiger partial charge in [0.05, 0.1) is 11.4 Å². The summed E-state index contributed by atoms with van der Waals surface area (Å²) >= 11 is 0. The number of phenolic OH excluding ortho intramolecular Hbond substituents is 1. The Morgan fingerprint density at radius 1 is 0.957 bits per heavy atom. The lowest BCUT2D eigenvalue weighted by Gasteiger charge is -2.22. The number of nitrogens with two attached hydrogens (primary N) is 1. The van der Waals surface area contributed by atoms with E-state index in [1.165, 1.54) is 19.2 Å². The van der Waals surface area contributed by atoms with Crippen molar-refractivity contribution in [3.05, 3.63) is 60.7 Å². The van der Waals surface area contributed by atoms with Crippen molar-refractivity contribution in [3.63, 3.8) is 0 Å². The third-order valence-electron chi connectivity index (χ3n) is 3.74. The maximum Gasteiger partial charge on any atom is 0.266 e.